The van der Waals surface area contributed by atoms with Gasteiger partial charge in [-0.2, -0.15) is 4.31 Å². The summed E-state index contributed by atoms with van der Waals surface area (Å²) in [5.74, 6) is 0.412. The third-order valence-electron chi connectivity index (χ3n) is 3.95. The topological polar surface area (TPSA) is 79.2 Å². The van der Waals surface area contributed by atoms with Crippen molar-refractivity contribution in [2.75, 3.05) is 13.1 Å². The van der Waals surface area contributed by atoms with Crippen LogP contribution in [0.2, 0.25) is 0 Å². The summed E-state index contributed by atoms with van der Waals surface area (Å²) >= 11 is 0. The van der Waals surface area contributed by atoms with Crippen LogP contribution in [0.1, 0.15) is 32.9 Å². The molecule has 1 atom stereocenters. The average Bonchev–Trinajstić information content (AvgIpc) is 2.98. The molecule has 0 amide bonds. The largest absolute Gasteiger partial charge is 0.363 e. The molecule has 6 heteroatoms. The van der Waals surface area contributed by atoms with Crippen molar-refractivity contribution in [3.05, 3.63) is 18.0 Å². The Morgan fingerprint density at radius 2 is 2.16 bits per heavy atom. The fraction of sp³-hybridized carbons (Fsp3) is 0.692. The highest BCUT2D eigenvalue weighted by molar-refractivity contribution is 7.89. The molecule has 1 aromatic rings. The number of H-pyrrole nitrogens is 1. The van der Waals surface area contributed by atoms with Crippen LogP contribution >= 0.6 is 0 Å². The maximum Gasteiger partial charge on any atom is 0.244 e. The SMILES string of the molecule is CC(C)(C)C1CCN(S(=O)(=O)c2c[nH]c(CN)c2)C1. The number of sulfonamides is 1. The van der Waals surface area contributed by atoms with Crippen molar-refractivity contribution in [1.82, 2.24) is 9.29 Å². The zero-order valence-corrected chi connectivity index (χ0v) is 12.6. The minimum atomic E-state index is -3.37. The predicted octanol–water partition coefficient (Wildman–Crippen LogP) is 1.53. The second-order valence-corrected chi connectivity index (χ2v) is 8.22. The standard InChI is InChI=1S/C13H23N3O2S/c1-13(2,3)10-4-5-16(9-10)19(17,18)12-6-11(7-14)15-8-12/h6,8,10,15H,4-5,7,9,14H2,1-3H3. The molecule has 1 saturated heterocycles. The third kappa shape index (κ3) is 2.85. The Bertz CT molecular complexity index is 542. The summed E-state index contributed by atoms with van der Waals surface area (Å²) in [5.41, 5.74) is 6.38. The lowest BCUT2D eigenvalue weighted by atomic mass is 9.80. The number of aromatic amines is 1. The summed E-state index contributed by atoms with van der Waals surface area (Å²) < 4.78 is 26.6. The first-order chi connectivity index (χ1) is 8.75. The first-order valence-electron chi connectivity index (χ1n) is 6.62. The van der Waals surface area contributed by atoms with E-state index in [0.717, 1.165) is 12.1 Å². The molecule has 108 valence electrons. The Morgan fingerprint density at radius 3 is 2.63 bits per heavy atom. The van der Waals surface area contributed by atoms with Crippen molar-refractivity contribution < 1.29 is 8.42 Å². The lowest BCUT2D eigenvalue weighted by molar-refractivity contribution is 0.252. The van der Waals surface area contributed by atoms with Gasteiger partial charge in [0.2, 0.25) is 10.0 Å². The van der Waals surface area contributed by atoms with Gasteiger partial charge in [0.05, 0.1) is 4.90 Å². The number of rotatable bonds is 3. The predicted molar refractivity (Wildman–Crippen MR) is 75.0 cm³/mol. The minimum Gasteiger partial charge on any atom is -0.363 e. The Hall–Kier alpha value is -0.850. The number of nitrogens with two attached hydrogens (primary N) is 1. The van der Waals surface area contributed by atoms with Gasteiger partial charge >= 0.3 is 0 Å². The summed E-state index contributed by atoms with van der Waals surface area (Å²) in [5, 5.41) is 0. The number of hydrogen-bond acceptors (Lipinski definition) is 3. The van der Waals surface area contributed by atoms with Crippen LogP contribution in [0.5, 0.6) is 0 Å². The van der Waals surface area contributed by atoms with Gasteiger partial charge in [-0.1, -0.05) is 20.8 Å². The van der Waals surface area contributed by atoms with Crippen LogP contribution in [-0.2, 0) is 16.6 Å². The Balaban J connectivity index is 2.18. The van der Waals surface area contributed by atoms with E-state index in [1.165, 1.54) is 6.20 Å². The molecular formula is C13H23N3O2S. The van der Waals surface area contributed by atoms with E-state index in [2.05, 4.69) is 25.8 Å². The maximum absolute atomic E-state index is 12.5. The van der Waals surface area contributed by atoms with E-state index in [0.29, 0.717) is 30.4 Å². The Labute approximate surface area is 115 Å². The molecule has 1 aromatic heterocycles. The molecule has 0 saturated carbocycles. The van der Waals surface area contributed by atoms with Gasteiger partial charge in [-0.15, -0.1) is 0 Å². The molecule has 0 radical (unpaired) electrons. The molecule has 2 heterocycles. The molecule has 1 aliphatic heterocycles. The average molecular weight is 285 g/mol. The second kappa shape index (κ2) is 4.92. The van der Waals surface area contributed by atoms with E-state index in [1.807, 2.05) is 0 Å². The van der Waals surface area contributed by atoms with E-state index in [1.54, 1.807) is 10.4 Å². The quantitative estimate of drug-likeness (QED) is 0.884. The highest BCUT2D eigenvalue weighted by Crippen LogP contribution is 2.35. The van der Waals surface area contributed by atoms with Crippen molar-refractivity contribution in [3.63, 3.8) is 0 Å². The van der Waals surface area contributed by atoms with Crippen LogP contribution in [0.25, 0.3) is 0 Å². The molecule has 1 fully saturated rings. The van der Waals surface area contributed by atoms with E-state index < -0.39 is 10.0 Å². The lowest BCUT2D eigenvalue weighted by Gasteiger charge is -2.26. The summed E-state index contributed by atoms with van der Waals surface area (Å²) in [6.07, 6.45) is 2.46. The van der Waals surface area contributed by atoms with Crippen LogP contribution in [-0.4, -0.2) is 30.8 Å². The zero-order chi connectivity index (χ0) is 14.3. The van der Waals surface area contributed by atoms with Crippen molar-refractivity contribution >= 4 is 10.0 Å². The monoisotopic (exact) mass is 285 g/mol. The molecule has 0 bridgehead atoms. The summed E-state index contributed by atoms with van der Waals surface area (Å²) in [4.78, 5) is 3.22. The smallest absolute Gasteiger partial charge is 0.244 e. The van der Waals surface area contributed by atoms with E-state index in [9.17, 15) is 8.42 Å². The molecule has 2 rings (SSSR count). The first-order valence-corrected chi connectivity index (χ1v) is 8.06. The normalized spacial score (nSPS) is 22.0. The fourth-order valence-corrected chi connectivity index (χ4v) is 4.01. The molecule has 1 unspecified atom stereocenters. The molecule has 3 N–H and O–H groups in total. The molecule has 0 spiro atoms. The van der Waals surface area contributed by atoms with Gasteiger partial charge in [0, 0.05) is 31.5 Å². The number of nitrogens with one attached hydrogen (secondary N) is 1. The van der Waals surface area contributed by atoms with Crippen LogP contribution in [0.4, 0.5) is 0 Å². The van der Waals surface area contributed by atoms with E-state index in [4.69, 9.17) is 5.73 Å². The molecule has 5 nitrogen and oxygen atoms in total. The minimum absolute atomic E-state index is 0.144. The second-order valence-electron chi connectivity index (χ2n) is 6.28. The van der Waals surface area contributed by atoms with Crippen LogP contribution in [0.15, 0.2) is 17.2 Å². The van der Waals surface area contributed by atoms with Gasteiger partial charge < -0.3 is 10.7 Å². The highest BCUT2D eigenvalue weighted by atomic mass is 32.2. The van der Waals surface area contributed by atoms with E-state index in [-0.39, 0.29) is 5.41 Å². The summed E-state index contributed by atoms with van der Waals surface area (Å²) in [6, 6.07) is 1.62. The first kappa shape index (κ1) is 14.6. The number of nitrogens with zero attached hydrogens (tertiary/aromatic N) is 1. The molecule has 0 aromatic carbocycles. The van der Waals surface area contributed by atoms with Gasteiger partial charge in [0.15, 0.2) is 0 Å². The van der Waals surface area contributed by atoms with Crippen molar-refractivity contribution in [3.8, 4) is 0 Å². The van der Waals surface area contributed by atoms with Gasteiger partial charge in [-0.25, -0.2) is 8.42 Å². The molecule has 0 aliphatic carbocycles. The van der Waals surface area contributed by atoms with Crippen molar-refractivity contribution in [2.24, 2.45) is 17.1 Å². The third-order valence-corrected chi connectivity index (χ3v) is 5.79. The fourth-order valence-electron chi connectivity index (χ4n) is 2.49. The van der Waals surface area contributed by atoms with E-state index >= 15 is 0 Å². The lowest BCUT2D eigenvalue weighted by Crippen LogP contribution is -2.31. The van der Waals surface area contributed by atoms with Crippen LogP contribution < -0.4 is 5.73 Å². The molecule has 1 aliphatic rings. The summed E-state index contributed by atoms with van der Waals surface area (Å²) in [7, 11) is -3.37. The van der Waals surface area contributed by atoms with Gasteiger partial charge in [0.25, 0.3) is 0 Å². The van der Waals surface area contributed by atoms with Gasteiger partial charge in [-0.3, -0.25) is 0 Å². The van der Waals surface area contributed by atoms with Crippen molar-refractivity contribution in [1.29, 1.82) is 0 Å². The summed E-state index contributed by atoms with van der Waals surface area (Å²) in [6.45, 7) is 8.02. The van der Waals surface area contributed by atoms with Gasteiger partial charge in [0.1, 0.15) is 0 Å². The van der Waals surface area contributed by atoms with Gasteiger partial charge in [-0.05, 0) is 23.8 Å². The zero-order valence-electron chi connectivity index (χ0n) is 11.8. The van der Waals surface area contributed by atoms with Crippen LogP contribution in [0, 0.1) is 11.3 Å². The van der Waals surface area contributed by atoms with Crippen LogP contribution in [0.3, 0.4) is 0 Å². The Kier molecular flexibility index (Phi) is 3.77. The Morgan fingerprint density at radius 1 is 1.47 bits per heavy atom. The molecule has 19 heavy (non-hydrogen) atoms. The maximum atomic E-state index is 12.5. The highest BCUT2D eigenvalue weighted by Gasteiger charge is 2.37. The number of hydrogen-bond donors (Lipinski definition) is 2. The van der Waals surface area contributed by atoms with Crippen molar-refractivity contribution in [2.45, 2.75) is 38.6 Å². The molecular weight excluding hydrogens is 262 g/mol. The number of aromatic nitrogens is 1.